The second-order valence-corrected chi connectivity index (χ2v) is 5.04. The molecule has 126 valence electrons. The summed E-state index contributed by atoms with van der Waals surface area (Å²) in [6.07, 6.45) is -0.716. The lowest BCUT2D eigenvalue weighted by Crippen LogP contribution is -2.54. The number of alkyl carbamates (subject to hydrolysis) is 1. The van der Waals surface area contributed by atoms with Gasteiger partial charge in [0.15, 0.2) is 0 Å². The average Bonchev–Trinajstić information content (AvgIpc) is 2.50. The van der Waals surface area contributed by atoms with E-state index in [1.54, 1.807) is 20.8 Å². The lowest BCUT2D eigenvalue weighted by Gasteiger charge is -2.21. The summed E-state index contributed by atoms with van der Waals surface area (Å²) in [6.45, 7) is 5.29. The molecule has 0 aromatic heterocycles. The van der Waals surface area contributed by atoms with Crippen molar-refractivity contribution in [3.8, 4) is 0 Å². The second kappa shape index (κ2) is 8.72. The van der Waals surface area contributed by atoms with Gasteiger partial charge in [-0.25, -0.2) is 9.18 Å². The quantitative estimate of drug-likeness (QED) is 0.712. The molecule has 0 saturated carbocycles. The lowest BCUT2D eigenvalue weighted by molar-refractivity contribution is -0.124. The van der Waals surface area contributed by atoms with Crippen molar-refractivity contribution in [1.29, 1.82) is 0 Å². The molecule has 0 bridgehead atoms. The Labute approximate surface area is 133 Å². The Morgan fingerprint density at radius 3 is 2.26 bits per heavy atom. The molecule has 0 radical (unpaired) electrons. The number of nitrogens with one attached hydrogen (secondary N) is 3. The van der Waals surface area contributed by atoms with Gasteiger partial charge in [-0.15, -0.1) is 0 Å². The van der Waals surface area contributed by atoms with E-state index in [0.29, 0.717) is 0 Å². The molecule has 0 heterocycles. The monoisotopic (exact) mass is 325 g/mol. The molecule has 0 spiro atoms. The van der Waals surface area contributed by atoms with Gasteiger partial charge in [0, 0.05) is 5.56 Å². The number of amides is 3. The van der Waals surface area contributed by atoms with Crippen LogP contribution in [0.15, 0.2) is 24.3 Å². The Kier molecular flexibility index (Phi) is 6.98. The maximum absolute atomic E-state index is 12.8. The summed E-state index contributed by atoms with van der Waals surface area (Å²) in [5.74, 6) is -1.88. The molecule has 3 amide bonds. The molecule has 3 N–H and O–H groups in total. The molecule has 0 fully saturated rings. The molecule has 0 saturated heterocycles. The fraction of sp³-hybridized carbons (Fsp3) is 0.400. The van der Waals surface area contributed by atoms with E-state index in [1.807, 2.05) is 0 Å². The summed E-state index contributed by atoms with van der Waals surface area (Å²) in [5, 5.41) is 2.41. The van der Waals surface area contributed by atoms with Gasteiger partial charge in [0.1, 0.15) is 11.9 Å². The maximum atomic E-state index is 12.8. The van der Waals surface area contributed by atoms with E-state index >= 15 is 0 Å². The van der Waals surface area contributed by atoms with Gasteiger partial charge in [0.05, 0.1) is 6.61 Å². The van der Waals surface area contributed by atoms with Gasteiger partial charge in [-0.1, -0.05) is 13.8 Å². The highest BCUT2D eigenvalue weighted by Crippen LogP contribution is 2.03. The standard InChI is InChI=1S/C15H20FN3O4/c1-4-23-15(22)17-12(9(2)3)14(21)19-18-13(20)10-5-7-11(16)8-6-10/h5-9,12H,4H2,1-3H3,(H,17,22)(H,18,20)(H,19,21). The van der Waals surface area contributed by atoms with Crippen LogP contribution >= 0.6 is 0 Å². The molecular weight excluding hydrogens is 305 g/mol. The first-order valence-electron chi connectivity index (χ1n) is 7.14. The number of carbonyl (C=O) groups is 3. The van der Waals surface area contributed by atoms with E-state index < -0.39 is 29.8 Å². The van der Waals surface area contributed by atoms with Crippen LogP contribution in [0.25, 0.3) is 0 Å². The van der Waals surface area contributed by atoms with Crippen LogP contribution in [-0.2, 0) is 9.53 Å². The number of ether oxygens (including phenoxy) is 1. The molecule has 1 atom stereocenters. The summed E-state index contributed by atoms with van der Waals surface area (Å²) in [5.41, 5.74) is 4.61. The van der Waals surface area contributed by atoms with Crippen molar-refractivity contribution in [3.63, 3.8) is 0 Å². The van der Waals surface area contributed by atoms with Crippen LogP contribution in [-0.4, -0.2) is 30.6 Å². The summed E-state index contributed by atoms with van der Waals surface area (Å²) in [7, 11) is 0. The van der Waals surface area contributed by atoms with Crippen molar-refractivity contribution in [1.82, 2.24) is 16.2 Å². The van der Waals surface area contributed by atoms with Gasteiger partial charge in [0.25, 0.3) is 11.8 Å². The first-order valence-corrected chi connectivity index (χ1v) is 7.14. The molecule has 0 aliphatic rings. The van der Waals surface area contributed by atoms with Crippen LogP contribution in [0.1, 0.15) is 31.1 Å². The third kappa shape index (κ3) is 5.93. The SMILES string of the molecule is CCOC(=O)NC(C(=O)NNC(=O)c1ccc(F)cc1)C(C)C. The van der Waals surface area contributed by atoms with Crippen molar-refractivity contribution < 1.29 is 23.5 Å². The predicted molar refractivity (Wildman–Crippen MR) is 80.8 cm³/mol. The largest absolute Gasteiger partial charge is 0.450 e. The highest BCUT2D eigenvalue weighted by molar-refractivity contribution is 5.96. The zero-order valence-corrected chi connectivity index (χ0v) is 13.2. The Hall–Kier alpha value is -2.64. The summed E-state index contributed by atoms with van der Waals surface area (Å²) < 4.78 is 17.5. The van der Waals surface area contributed by atoms with E-state index in [2.05, 4.69) is 16.2 Å². The highest BCUT2D eigenvalue weighted by atomic mass is 19.1. The summed E-state index contributed by atoms with van der Waals surface area (Å²) in [6, 6.07) is 3.97. The fourth-order valence-electron chi connectivity index (χ4n) is 1.70. The van der Waals surface area contributed by atoms with Crippen molar-refractivity contribution in [2.75, 3.05) is 6.61 Å². The molecule has 1 aromatic rings. The van der Waals surface area contributed by atoms with Crippen LogP contribution in [0.3, 0.4) is 0 Å². The Morgan fingerprint density at radius 2 is 1.74 bits per heavy atom. The average molecular weight is 325 g/mol. The van der Waals surface area contributed by atoms with Gasteiger partial charge < -0.3 is 10.1 Å². The number of hydrazine groups is 1. The maximum Gasteiger partial charge on any atom is 0.407 e. The summed E-state index contributed by atoms with van der Waals surface area (Å²) in [4.78, 5) is 35.3. The number of rotatable bonds is 5. The third-order valence-electron chi connectivity index (χ3n) is 2.90. The molecule has 7 nitrogen and oxygen atoms in total. The normalized spacial score (nSPS) is 11.5. The van der Waals surface area contributed by atoms with Gasteiger partial charge in [0.2, 0.25) is 0 Å². The van der Waals surface area contributed by atoms with Crippen LogP contribution in [0, 0.1) is 11.7 Å². The molecule has 23 heavy (non-hydrogen) atoms. The first-order chi connectivity index (χ1) is 10.8. The van der Waals surface area contributed by atoms with Crippen LogP contribution in [0.2, 0.25) is 0 Å². The van der Waals surface area contributed by atoms with Crippen molar-refractivity contribution >= 4 is 17.9 Å². The van der Waals surface area contributed by atoms with E-state index in [4.69, 9.17) is 4.74 Å². The topological polar surface area (TPSA) is 96.5 Å². The van der Waals surface area contributed by atoms with E-state index in [0.717, 1.165) is 12.1 Å². The van der Waals surface area contributed by atoms with E-state index in [9.17, 15) is 18.8 Å². The molecule has 0 aliphatic carbocycles. The summed E-state index contributed by atoms with van der Waals surface area (Å²) >= 11 is 0. The highest BCUT2D eigenvalue weighted by Gasteiger charge is 2.25. The number of carbonyl (C=O) groups excluding carboxylic acids is 3. The molecule has 1 aromatic carbocycles. The smallest absolute Gasteiger partial charge is 0.407 e. The van der Waals surface area contributed by atoms with Crippen LogP contribution in [0.4, 0.5) is 9.18 Å². The predicted octanol–water partition coefficient (Wildman–Crippen LogP) is 1.36. The Bertz CT molecular complexity index is 560. The number of benzene rings is 1. The van der Waals surface area contributed by atoms with Crippen molar-refractivity contribution in [2.45, 2.75) is 26.8 Å². The van der Waals surface area contributed by atoms with Crippen molar-refractivity contribution in [3.05, 3.63) is 35.6 Å². The van der Waals surface area contributed by atoms with Crippen molar-refractivity contribution in [2.24, 2.45) is 5.92 Å². The van der Waals surface area contributed by atoms with Gasteiger partial charge in [-0.2, -0.15) is 0 Å². The molecule has 1 unspecified atom stereocenters. The second-order valence-electron chi connectivity index (χ2n) is 5.04. The van der Waals surface area contributed by atoms with E-state index in [1.165, 1.54) is 12.1 Å². The molecule has 1 rings (SSSR count). The van der Waals surface area contributed by atoms with Crippen LogP contribution < -0.4 is 16.2 Å². The van der Waals surface area contributed by atoms with E-state index in [-0.39, 0.29) is 18.1 Å². The number of hydrogen-bond donors (Lipinski definition) is 3. The minimum absolute atomic E-state index is 0.180. The Balaban J connectivity index is 2.59. The number of halogens is 1. The van der Waals surface area contributed by atoms with Gasteiger partial charge >= 0.3 is 6.09 Å². The molecular formula is C15H20FN3O4. The minimum atomic E-state index is -0.873. The molecule has 8 heteroatoms. The Morgan fingerprint density at radius 1 is 1.13 bits per heavy atom. The minimum Gasteiger partial charge on any atom is -0.450 e. The number of hydrogen-bond acceptors (Lipinski definition) is 4. The first kappa shape index (κ1) is 18.4. The molecule has 0 aliphatic heterocycles. The zero-order valence-electron chi connectivity index (χ0n) is 13.2. The van der Waals surface area contributed by atoms with Gasteiger partial charge in [-0.3, -0.25) is 20.4 Å². The lowest BCUT2D eigenvalue weighted by atomic mass is 10.0. The fourth-order valence-corrected chi connectivity index (χ4v) is 1.70. The third-order valence-corrected chi connectivity index (χ3v) is 2.90. The zero-order chi connectivity index (χ0) is 17.4. The van der Waals surface area contributed by atoms with Crippen LogP contribution in [0.5, 0.6) is 0 Å². The van der Waals surface area contributed by atoms with Gasteiger partial charge in [-0.05, 0) is 37.1 Å².